The SMILES string of the molecule is C=CCCC(C=CC(C)=O)O[Si](C)(C)C(C)(C)C. The molecule has 3 heteroatoms. The Morgan fingerprint density at radius 3 is 2.33 bits per heavy atom. The first-order chi connectivity index (χ1) is 8.10. The molecule has 0 saturated carbocycles. The second-order valence-electron chi connectivity index (χ2n) is 6.25. The quantitative estimate of drug-likeness (QED) is 0.386. The molecule has 0 saturated heterocycles. The van der Waals surface area contributed by atoms with Crippen LogP contribution in [0.4, 0.5) is 0 Å². The van der Waals surface area contributed by atoms with Crippen molar-refractivity contribution < 1.29 is 9.22 Å². The van der Waals surface area contributed by atoms with Crippen LogP contribution >= 0.6 is 0 Å². The number of hydrogen-bond acceptors (Lipinski definition) is 2. The highest BCUT2D eigenvalue weighted by Crippen LogP contribution is 2.37. The Hall–Kier alpha value is -0.673. The van der Waals surface area contributed by atoms with Gasteiger partial charge in [-0.15, -0.1) is 6.58 Å². The van der Waals surface area contributed by atoms with E-state index >= 15 is 0 Å². The van der Waals surface area contributed by atoms with E-state index in [-0.39, 0.29) is 16.9 Å². The summed E-state index contributed by atoms with van der Waals surface area (Å²) in [6, 6.07) is 0. The van der Waals surface area contributed by atoms with E-state index in [9.17, 15) is 4.79 Å². The molecule has 0 heterocycles. The molecule has 0 radical (unpaired) electrons. The average Bonchev–Trinajstić information content (AvgIpc) is 2.20. The maximum absolute atomic E-state index is 11.0. The minimum absolute atomic E-state index is 0.0211. The Kier molecular flexibility index (Phi) is 6.78. The lowest BCUT2D eigenvalue weighted by molar-refractivity contribution is -0.112. The second-order valence-corrected chi connectivity index (χ2v) is 11.0. The third-order valence-corrected chi connectivity index (χ3v) is 7.96. The summed E-state index contributed by atoms with van der Waals surface area (Å²) in [6.45, 7) is 16.4. The fourth-order valence-electron chi connectivity index (χ4n) is 1.27. The normalized spacial score (nSPS) is 14.8. The van der Waals surface area contributed by atoms with Crippen molar-refractivity contribution >= 4 is 14.1 Å². The molecule has 0 aliphatic rings. The van der Waals surface area contributed by atoms with Crippen LogP contribution in [0.25, 0.3) is 0 Å². The summed E-state index contributed by atoms with van der Waals surface area (Å²) in [5, 5.41) is 0.184. The minimum Gasteiger partial charge on any atom is -0.411 e. The van der Waals surface area contributed by atoms with Crippen LogP contribution in [0.1, 0.15) is 40.5 Å². The van der Waals surface area contributed by atoms with Crippen LogP contribution < -0.4 is 0 Å². The summed E-state index contributed by atoms with van der Waals surface area (Å²) in [5.74, 6) is 0.0671. The summed E-state index contributed by atoms with van der Waals surface area (Å²) >= 11 is 0. The van der Waals surface area contributed by atoms with Crippen LogP contribution in [-0.2, 0) is 9.22 Å². The molecule has 0 spiro atoms. The van der Waals surface area contributed by atoms with Gasteiger partial charge in [-0.25, -0.2) is 0 Å². The Bertz CT molecular complexity index is 311. The van der Waals surface area contributed by atoms with E-state index < -0.39 is 8.32 Å². The molecule has 18 heavy (non-hydrogen) atoms. The molecule has 0 aromatic rings. The molecule has 0 aromatic heterocycles. The van der Waals surface area contributed by atoms with E-state index in [1.165, 1.54) is 0 Å². The number of hydrogen-bond donors (Lipinski definition) is 0. The predicted molar refractivity (Wildman–Crippen MR) is 81.3 cm³/mol. The van der Waals surface area contributed by atoms with Crippen molar-refractivity contribution in [2.45, 2.75) is 64.8 Å². The van der Waals surface area contributed by atoms with E-state index in [1.807, 2.05) is 12.2 Å². The van der Waals surface area contributed by atoms with E-state index in [1.54, 1.807) is 13.0 Å². The van der Waals surface area contributed by atoms with Gasteiger partial charge in [0.1, 0.15) is 0 Å². The summed E-state index contributed by atoms with van der Waals surface area (Å²) in [4.78, 5) is 11.0. The van der Waals surface area contributed by atoms with E-state index in [0.717, 1.165) is 12.8 Å². The Morgan fingerprint density at radius 2 is 1.94 bits per heavy atom. The van der Waals surface area contributed by atoms with Gasteiger partial charge in [0, 0.05) is 0 Å². The number of carbonyl (C=O) groups is 1. The van der Waals surface area contributed by atoms with Crippen molar-refractivity contribution in [1.82, 2.24) is 0 Å². The lowest BCUT2D eigenvalue weighted by atomic mass is 10.2. The van der Waals surface area contributed by atoms with Gasteiger partial charge in [0.05, 0.1) is 6.10 Å². The van der Waals surface area contributed by atoms with Gasteiger partial charge in [0.2, 0.25) is 0 Å². The zero-order valence-electron chi connectivity index (χ0n) is 12.7. The first kappa shape index (κ1) is 17.3. The molecule has 0 fully saturated rings. The second kappa shape index (κ2) is 7.05. The standard InChI is InChI=1S/C15H28O2Si/c1-8-9-10-14(12-11-13(2)16)17-18(6,7)15(3,4)5/h8,11-12,14H,1,9-10H2,2-7H3. The van der Waals surface area contributed by atoms with Crippen LogP contribution in [0.3, 0.4) is 0 Å². The Labute approximate surface area is 113 Å². The molecule has 1 unspecified atom stereocenters. The molecule has 0 aromatic carbocycles. The summed E-state index contributed by atoms with van der Waals surface area (Å²) in [7, 11) is -1.79. The van der Waals surface area contributed by atoms with Gasteiger partial charge >= 0.3 is 0 Å². The molecule has 0 aliphatic heterocycles. The molecule has 0 aliphatic carbocycles. The van der Waals surface area contributed by atoms with Crippen LogP contribution in [0.15, 0.2) is 24.8 Å². The van der Waals surface area contributed by atoms with Crippen molar-refractivity contribution in [2.24, 2.45) is 0 Å². The average molecular weight is 268 g/mol. The highest BCUT2D eigenvalue weighted by molar-refractivity contribution is 6.74. The number of rotatable bonds is 7. The Morgan fingerprint density at radius 1 is 1.39 bits per heavy atom. The maximum atomic E-state index is 11.0. The maximum Gasteiger partial charge on any atom is 0.192 e. The molecule has 104 valence electrons. The van der Waals surface area contributed by atoms with E-state index in [4.69, 9.17) is 4.43 Å². The monoisotopic (exact) mass is 268 g/mol. The highest BCUT2D eigenvalue weighted by atomic mass is 28.4. The number of ketones is 1. The smallest absolute Gasteiger partial charge is 0.192 e. The lowest BCUT2D eigenvalue weighted by Crippen LogP contribution is -2.43. The summed E-state index contributed by atoms with van der Waals surface area (Å²) < 4.78 is 6.31. The van der Waals surface area contributed by atoms with Gasteiger partial charge in [0.25, 0.3) is 0 Å². The van der Waals surface area contributed by atoms with E-state index in [2.05, 4.69) is 40.4 Å². The van der Waals surface area contributed by atoms with Gasteiger partial charge < -0.3 is 4.43 Å². The molecule has 0 N–H and O–H groups in total. The Balaban J connectivity index is 4.77. The molecule has 0 rings (SSSR count). The largest absolute Gasteiger partial charge is 0.411 e. The van der Waals surface area contributed by atoms with Crippen LogP contribution in [0.5, 0.6) is 0 Å². The van der Waals surface area contributed by atoms with Crippen LogP contribution in [0, 0.1) is 0 Å². The number of carbonyl (C=O) groups excluding carboxylic acids is 1. The number of allylic oxidation sites excluding steroid dienone is 2. The minimum atomic E-state index is -1.79. The zero-order chi connectivity index (χ0) is 14.4. The van der Waals surface area contributed by atoms with Gasteiger partial charge in [0.15, 0.2) is 14.1 Å². The highest BCUT2D eigenvalue weighted by Gasteiger charge is 2.38. The van der Waals surface area contributed by atoms with Gasteiger partial charge in [-0.3, -0.25) is 4.79 Å². The fraction of sp³-hybridized carbons (Fsp3) is 0.667. The molecular formula is C15H28O2Si. The van der Waals surface area contributed by atoms with Crippen LogP contribution in [0.2, 0.25) is 18.1 Å². The zero-order valence-corrected chi connectivity index (χ0v) is 13.7. The van der Waals surface area contributed by atoms with Crippen molar-refractivity contribution in [3.05, 3.63) is 24.8 Å². The molecular weight excluding hydrogens is 240 g/mol. The van der Waals surface area contributed by atoms with Gasteiger partial charge in [-0.1, -0.05) is 32.9 Å². The van der Waals surface area contributed by atoms with Crippen LogP contribution in [-0.4, -0.2) is 20.2 Å². The third-order valence-electron chi connectivity index (χ3n) is 3.45. The summed E-state index contributed by atoms with van der Waals surface area (Å²) in [5.41, 5.74) is 0. The molecule has 0 bridgehead atoms. The van der Waals surface area contributed by atoms with Gasteiger partial charge in [-0.2, -0.15) is 0 Å². The molecule has 1 atom stereocenters. The third kappa shape index (κ3) is 6.31. The van der Waals surface area contributed by atoms with E-state index in [0.29, 0.717) is 0 Å². The predicted octanol–water partition coefficient (Wildman–Crippen LogP) is 4.49. The molecule has 0 amide bonds. The van der Waals surface area contributed by atoms with Gasteiger partial charge in [-0.05, 0) is 44.0 Å². The van der Waals surface area contributed by atoms with Crippen molar-refractivity contribution in [3.8, 4) is 0 Å². The fourth-order valence-corrected chi connectivity index (χ4v) is 2.58. The topological polar surface area (TPSA) is 26.3 Å². The lowest BCUT2D eigenvalue weighted by Gasteiger charge is -2.38. The van der Waals surface area contributed by atoms with Crippen molar-refractivity contribution in [3.63, 3.8) is 0 Å². The first-order valence-electron chi connectivity index (χ1n) is 6.57. The summed E-state index contributed by atoms with van der Waals surface area (Å²) in [6.07, 6.45) is 7.21. The van der Waals surface area contributed by atoms with Crippen molar-refractivity contribution in [1.29, 1.82) is 0 Å². The van der Waals surface area contributed by atoms with Crippen molar-refractivity contribution in [2.75, 3.05) is 0 Å². The molecule has 2 nitrogen and oxygen atoms in total. The first-order valence-corrected chi connectivity index (χ1v) is 9.48.